The Morgan fingerprint density at radius 2 is 1.94 bits per heavy atom. The second-order valence-corrected chi connectivity index (χ2v) is 13.5. The Morgan fingerprint density at radius 1 is 1.16 bits per heavy atom. The van der Waals surface area contributed by atoms with Crippen molar-refractivity contribution in [3.63, 3.8) is 0 Å². The van der Waals surface area contributed by atoms with Crippen LogP contribution in [0.25, 0.3) is 22.3 Å². The summed E-state index contributed by atoms with van der Waals surface area (Å²) in [6.45, 7) is 8.12. The van der Waals surface area contributed by atoms with E-state index in [4.69, 9.17) is 20.2 Å². The number of esters is 2. The summed E-state index contributed by atoms with van der Waals surface area (Å²) in [5.74, 6) is -4.09. The van der Waals surface area contributed by atoms with Gasteiger partial charge in [-0.05, 0) is 43.4 Å². The molecule has 4 N–H and O–H groups in total. The van der Waals surface area contributed by atoms with Gasteiger partial charge in [-0.1, -0.05) is 46.6 Å². The van der Waals surface area contributed by atoms with Crippen molar-refractivity contribution in [2.45, 2.75) is 97.1 Å². The smallest absolute Gasteiger partial charge is 0.355 e. The molecule has 2 aromatic heterocycles. The third-order valence-electron chi connectivity index (χ3n) is 9.59. The van der Waals surface area contributed by atoms with Gasteiger partial charge in [-0.15, -0.1) is 0 Å². The number of hydrogen-bond acceptors (Lipinski definition) is 11. The number of ether oxygens (including phenoxy) is 2. The van der Waals surface area contributed by atoms with Gasteiger partial charge in [0.1, 0.15) is 12.6 Å². The number of fused-ring (bicyclic) bond motifs is 5. The molecule has 0 saturated heterocycles. The number of carbonyl (C=O) groups is 4. The van der Waals surface area contributed by atoms with Crippen LogP contribution in [0.5, 0.6) is 0 Å². The lowest BCUT2D eigenvalue weighted by Gasteiger charge is -2.36. The highest BCUT2D eigenvalue weighted by atomic mass is 16.6. The van der Waals surface area contributed by atoms with Gasteiger partial charge in [0.15, 0.2) is 0 Å². The predicted molar refractivity (Wildman–Crippen MR) is 185 cm³/mol. The zero-order chi connectivity index (χ0) is 35.9. The number of carboxylic acids is 1. The van der Waals surface area contributed by atoms with Gasteiger partial charge in [0.2, 0.25) is 11.5 Å². The zero-order valence-corrected chi connectivity index (χ0v) is 28.7. The molecule has 3 aromatic rings. The molecule has 3 aliphatic heterocycles. The van der Waals surface area contributed by atoms with E-state index in [9.17, 15) is 29.1 Å². The van der Waals surface area contributed by atoms with E-state index < -0.39 is 53.5 Å². The number of anilines is 1. The molecule has 0 radical (unpaired) electrons. The first kappa shape index (κ1) is 34.7. The Bertz CT molecular complexity index is 1990. The second-order valence-electron chi connectivity index (χ2n) is 13.5. The van der Waals surface area contributed by atoms with Crippen LogP contribution in [0.4, 0.5) is 11.4 Å². The average molecular weight is 687 g/mol. The summed E-state index contributed by atoms with van der Waals surface area (Å²) in [6.07, 6.45) is 4.29. The molecular formula is C36H42N6O8. The summed E-state index contributed by atoms with van der Waals surface area (Å²) in [5.41, 5.74) is 8.08. The maximum absolute atomic E-state index is 14.2. The standard InChI is InChI=1S/C36H42N6O8/c1-5-7-8-12-41-18-38-24-10-9-11-25-29(24)31(41)20-16-42-27(30(20)39-25)14-22-21(33(42)45)17-49-35(48)36(22,6-2)50-28(43)15-26(34(46)47)40-32(44)23(37)13-19(3)4/h9-11,14,18-19,23,26H,5-8,12-13,15-17,37H2,1-4H3,(H,40,44)(H,46,47)/t23-,26-,36-/m0/s1. The Hall–Kier alpha value is -5.11. The Morgan fingerprint density at radius 3 is 2.64 bits per heavy atom. The van der Waals surface area contributed by atoms with Crippen LogP contribution in [0.1, 0.15) is 82.9 Å². The number of nitrogens with one attached hydrogen (secondary N) is 1. The topological polar surface area (TPSA) is 196 Å². The average Bonchev–Trinajstić information content (AvgIpc) is 3.45. The molecule has 0 spiro atoms. The van der Waals surface area contributed by atoms with Crippen LogP contribution in [0.15, 0.2) is 34.1 Å². The quantitative estimate of drug-likeness (QED) is 0.137. The molecule has 0 aliphatic carbocycles. The number of cyclic esters (lactones) is 1. The van der Waals surface area contributed by atoms with E-state index in [-0.39, 0.29) is 36.6 Å². The van der Waals surface area contributed by atoms with Crippen molar-refractivity contribution in [1.82, 2.24) is 14.9 Å². The lowest BCUT2D eigenvalue weighted by atomic mass is 9.85. The second kappa shape index (κ2) is 13.7. The number of unbranched alkanes of at least 4 members (excludes halogenated alkanes) is 2. The van der Waals surface area contributed by atoms with Gasteiger partial charge >= 0.3 is 17.9 Å². The van der Waals surface area contributed by atoms with Crippen LogP contribution in [0.2, 0.25) is 0 Å². The molecule has 0 bridgehead atoms. The number of aliphatic carboxylic acids is 1. The van der Waals surface area contributed by atoms with E-state index in [0.717, 1.165) is 48.1 Å². The van der Waals surface area contributed by atoms with Gasteiger partial charge in [0.25, 0.3) is 5.56 Å². The van der Waals surface area contributed by atoms with Gasteiger partial charge in [-0.3, -0.25) is 14.4 Å². The van der Waals surface area contributed by atoms with Gasteiger partial charge in [0.05, 0.1) is 64.6 Å². The molecule has 0 saturated carbocycles. The molecule has 6 rings (SSSR count). The van der Waals surface area contributed by atoms with E-state index in [1.54, 1.807) is 17.6 Å². The van der Waals surface area contributed by atoms with Crippen LogP contribution in [0, 0.1) is 5.92 Å². The Balaban J connectivity index is 1.38. The number of nitrogens with two attached hydrogens (primary N) is 1. The van der Waals surface area contributed by atoms with E-state index in [0.29, 0.717) is 23.3 Å². The minimum atomic E-state index is -2.04. The Labute approximate surface area is 288 Å². The highest BCUT2D eigenvalue weighted by Crippen LogP contribution is 2.47. The number of aliphatic imine (C=N–C) groups is 1. The zero-order valence-electron chi connectivity index (χ0n) is 28.7. The summed E-state index contributed by atoms with van der Waals surface area (Å²) in [7, 11) is 0. The first-order chi connectivity index (χ1) is 23.9. The van der Waals surface area contributed by atoms with Crippen molar-refractivity contribution in [2.24, 2.45) is 16.6 Å². The number of nitrogens with zero attached hydrogens (tertiary/aromatic N) is 4. The van der Waals surface area contributed by atoms with Crippen molar-refractivity contribution in [3.05, 3.63) is 51.3 Å². The molecule has 5 heterocycles. The lowest BCUT2D eigenvalue weighted by Crippen LogP contribution is -2.51. The van der Waals surface area contributed by atoms with Crippen molar-refractivity contribution in [1.29, 1.82) is 0 Å². The van der Waals surface area contributed by atoms with Gasteiger partial charge in [0, 0.05) is 17.7 Å². The number of hydrogen-bond donors (Lipinski definition) is 3. The van der Waals surface area contributed by atoms with Crippen LogP contribution in [-0.4, -0.2) is 63.4 Å². The summed E-state index contributed by atoms with van der Waals surface area (Å²) in [5, 5.41) is 13.0. The SMILES string of the molecule is CCCCCN1C=Nc2cccc3nc4c(c1c23)Cn1c-4cc2c(c1=O)COC(=O)[C@@]2(CC)OC(=O)C[C@H](NC(=O)[C@@H](N)CC(C)C)C(=O)O. The van der Waals surface area contributed by atoms with Crippen LogP contribution in [0.3, 0.4) is 0 Å². The van der Waals surface area contributed by atoms with Crippen LogP contribution >= 0.6 is 0 Å². The number of carbonyl (C=O) groups excluding carboxylic acids is 3. The van der Waals surface area contributed by atoms with E-state index in [1.807, 2.05) is 38.4 Å². The number of aromatic nitrogens is 2. The molecule has 3 aliphatic rings. The fourth-order valence-corrected chi connectivity index (χ4v) is 7.06. The minimum absolute atomic E-state index is 0.0802. The van der Waals surface area contributed by atoms with Crippen LogP contribution < -0.4 is 21.5 Å². The first-order valence-corrected chi connectivity index (χ1v) is 17.1. The number of benzene rings is 1. The van der Waals surface area contributed by atoms with Gasteiger partial charge in [-0.25, -0.2) is 19.6 Å². The molecule has 0 unspecified atom stereocenters. The first-order valence-electron chi connectivity index (χ1n) is 17.1. The largest absolute Gasteiger partial charge is 0.480 e. The third kappa shape index (κ3) is 6.01. The van der Waals surface area contributed by atoms with E-state index in [2.05, 4.69) is 22.1 Å². The third-order valence-corrected chi connectivity index (χ3v) is 9.59. The van der Waals surface area contributed by atoms with Gasteiger partial charge < -0.3 is 35.1 Å². The van der Waals surface area contributed by atoms with E-state index >= 15 is 0 Å². The van der Waals surface area contributed by atoms with E-state index in [1.165, 1.54) is 0 Å². The molecule has 264 valence electrons. The number of carboxylic acid groups (broad SMARTS) is 1. The van der Waals surface area contributed by atoms with Crippen molar-refractivity contribution < 1.29 is 33.8 Å². The lowest BCUT2D eigenvalue weighted by molar-refractivity contribution is -0.190. The summed E-state index contributed by atoms with van der Waals surface area (Å²) < 4.78 is 12.9. The van der Waals surface area contributed by atoms with Crippen LogP contribution in [-0.2, 0) is 47.4 Å². The predicted octanol–water partition coefficient (Wildman–Crippen LogP) is 3.63. The van der Waals surface area contributed by atoms with Crippen molar-refractivity contribution in [2.75, 3.05) is 11.4 Å². The van der Waals surface area contributed by atoms with Crippen molar-refractivity contribution in [3.8, 4) is 11.4 Å². The molecule has 0 fully saturated rings. The fourth-order valence-electron chi connectivity index (χ4n) is 7.06. The number of rotatable bonds is 13. The minimum Gasteiger partial charge on any atom is -0.480 e. The summed E-state index contributed by atoms with van der Waals surface area (Å²) in [6, 6.07) is 4.73. The fraction of sp³-hybridized carbons (Fsp3) is 0.472. The highest BCUT2D eigenvalue weighted by Gasteiger charge is 2.51. The number of amides is 1. The summed E-state index contributed by atoms with van der Waals surface area (Å²) >= 11 is 0. The molecule has 14 heteroatoms. The molecule has 1 aromatic carbocycles. The van der Waals surface area contributed by atoms with Crippen molar-refractivity contribution >= 4 is 52.4 Å². The monoisotopic (exact) mass is 686 g/mol. The maximum Gasteiger partial charge on any atom is 0.355 e. The molecule has 3 atom stereocenters. The van der Waals surface area contributed by atoms with Gasteiger partial charge in [-0.2, -0.15) is 0 Å². The molecule has 14 nitrogen and oxygen atoms in total. The normalized spacial score (nSPS) is 18.3. The molecule has 50 heavy (non-hydrogen) atoms. The summed E-state index contributed by atoms with van der Waals surface area (Å²) in [4.78, 5) is 77.6. The number of pyridine rings is 2. The highest BCUT2D eigenvalue weighted by molar-refractivity contribution is 6.11. The maximum atomic E-state index is 14.2. The molecular weight excluding hydrogens is 644 g/mol. The Kier molecular flexibility index (Phi) is 9.49. The molecule has 1 amide bonds.